The lowest BCUT2D eigenvalue weighted by Gasteiger charge is -2.18. The SMILES string of the molecule is CN1N=C(C(=O)Nc2[nH]ncc2-c2ccc(F)cc2)CCC1=O. The second-order valence-corrected chi connectivity index (χ2v) is 5.08. The summed E-state index contributed by atoms with van der Waals surface area (Å²) in [5, 5.41) is 14.4. The van der Waals surface area contributed by atoms with Crippen LogP contribution in [0.5, 0.6) is 0 Å². The molecule has 2 aromatic rings. The van der Waals surface area contributed by atoms with Crippen molar-refractivity contribution in [3.05, 3.63) is 36.3 Å². The third-order valence-corrected chi connectivity index (χ3v) is 3.50. The van der Waals surface area contributed by atoms with Crippen LogP contribution < -0.4 is 5.32 Å². The van der Waals surface area contributed by atoms with E-state index in [1.54, 1.807) is 18.3 Å². The van der Waals surface area contributed by atoms with E-state index in [1.807, 2.05) is 0 Å². The van der Waals surface area contributed by atoms with Gasteiger partial charge in [-0.25, -0.2) is 9.40 Å². The summed E-state index contributed by atoms with van der Waals surface area (Å²) in [6, 6.07) is 5.86. The molecule has 0 aliphatic carbocycles. The highest BCUT2D eigenvalue weighted by Crippen LogP contribution is 2.26. The summed E-state index contributed by atoms with van der Waals surface area (Å²) in [5.41, 5.74) is 1.62. The van der Waals surface area contributed by atoms with Crippen LogP contribution in [0.2, 0.25) is 0 Å². The first kappa shape index (κ1) is 14.9. The minimum atomic E-state index is -0.406. The highest BCUT2D eigenvalue weighted by atomic mass is 19.1. The van der Waals surface area contributed by atoms with E-state index in [2.05, 4.69) is 20.6 Å². The smallest absolute Gasteiger partial charge is 0.273 e. The van der Waals surface area contributed by atoms with Gasteiger partial charge in [-0.2, -0.15) is 10.2 Å². The average molecular weight is 315 g/mol. The Labute approximate surface area is 131 Å². The Morgan fingerprint density at radius 3 is 2.74 bits per heavy atom. The molecule has 1 aliphatic rings. The summed E-state index contributed by atoms with van der Waals surface area (Å²) < 4.78 is 13.0. The van der Waals surface area contributed by atoms with Gasteiger partial charge in [0.1, 0.15) is 17.3 Å². The first-order valence-corrected chi connectivity index (χ1v) is 6.99. The molecule has 0 radical (unpaired) electrons. The number of halogens is 1. The monoisotopic (exact) mass is 315 g/mol. The normalized spacial score (nSPS) is 14.6. The molecule has 8 heteroatoms. The van der Waals surface area contributed by atoms with Crippen LogP contribution in [0, 0.1) is 5.82 Å². The Morgan fingerprint density at radius 2 is 2.04 bits per heavy atom. The van der Waals surface area contributed by atoms with Crippen molar-refractivity contribution in [3.8, 4) is 11.1 Å². The number of H-pyrrole nitrogens is 1. The number of aromatic amines is 1. The van der Waals surface area contributed by atoms with Crippen molar-refractivity contribution in [1.29, 1.82) is 0 Å². The molecule has 0 saturated heterocycles. The van der Waals surface area contributed by atoms with Crippen LogP contribution >= 0.6 is 0 Å². The van der Waals surface area contributed by atoms with E-state index < -0.39 is 5.91 Å². The molecule has 1 aromatic carbocycles. The number of benzene rings is 1. The summed E-state index contributed by atoms with van der Waals surface area (Å²) in [6.07, 6.45) is 2.08. The van der Waals surface area contributed by atoms with Crippen LogP contribution in [0.1, 0.15) is 12.8 Å². The van der Waals surface area contributed by atoms with Crippen LogP contribution in [-0.2, 0) is 9.59 Å². The van der Waals surface area contributed by atoms with E-state index in [9.17, 15) is 14.0 Å². The van der Waals surface area contributed by atoms with Crippen molar-refractivity contribution in [1.82, 2.24) is 15.2 Å². The number of nitrogens with one attached hydrogen (secondary N) is 2. The molecule has 2 heterocycles. The molecule has 7 nitrogen and oxygen atoms in total. The summed E-state index contributed by atoms with van der Waals surface area (Å²) in [4.78, 5) is 23.7. The van der Waals surface area contributed by atoms with Gasteiger partial charge in [-0.3, -0.25) is 14.7 Å². The maximum atomic E-state index is 13.0. The number of hydrogen-bond acceptors (Lipinski definition) is 4. The van der Waals surface area contributed by atoms with E-state index >= 15 is 0 Å². The van der Waals surface area contributed by atoms with E-state index in [0.717, 1.165) is 5.01 Å². The van der Waals surface area contributed by atoms with Crippen molar-refractivity contribution in [2.75, 3.05) is 12.4 Å². The average Bonchev–Trinajstić information content (AvgIpc) is 2.99. The molecule has 2 amide bonds. The minimum absolute atomic E-state index is 0.130. The predicted molar refractivity (Wildman–Crippen MR) is 82.1 cm³/mol. The Kier molecular flexibility index (Phi) is 3.88. The Morgan fingerprint density at radius 1 is 1.30 bits per heavy atom. The predicted octanol–water partition coefficient (Wildman–Crippen LogP) is 1.76. The summed E-state index contributed by atoms with van der Waals surface area (Å²) in [6.45, 7) is 0. The maximum absolute atomic E-state index is 13.0. The molecule has 1 aromatic heterocycles. The molecule has 23 heavy (non-hydrogen) atoms. The minimum Gasteiger partial charge on any atom is -0.305 e. The van der Waals surface area contributed by atoms with Crippen LogP contribution in [0.25, 0.3) is 11.1 Å². The summed E-state index contributed by atoms with van der Waals surface area (Å²) in [5.74, 6) is -0.483. The van der Waals surface area contributed by atoms with Crippen molar-refractivity contribution in [2.24, 2.45) is 5.10 Å². The Bertz CT molecular complexity index is 781. The van der Waals surface area contributed by atoms with Gasteiger partial charge in [-0.05, 0) is 17.7 Å². The molecule has 1 aliphatic heterocycles. The van der Waals surface area contributed by atoms with E-state index in [0.29, 0.717) is 16.9 Å². The van der Waals surface area contributed by atoms with Gasteiger partial charge in [-0.15, -0.1) is 0 Å². The third kappa shape index (κ3) is 3.10. The van der Waals surface area contributed by atoms with Crippen LogP contribution in [0.3, 0.4) is 0 Å². The number of anilines is 1. The van der Waals surface area contributed by atoms with Gasteiger partial charge in [0.15, 0.2) is 0 Å². The lowest BCUT2D eigenvalue weighted by Crippen LogP contribution is -2.34. The molecular weight excluding hydrogens is 301 g/mol. The first-order chi connectivity index (χ1) is 11.0. The maximum Gasteiger partial charge on any atom is 0.273 e. The van der Waals surface area contributed by atoms with Crippen LogP contribution in [0.4, 0.5) is 10.2 Å². The number of carbonyl (C=O) groups excluding carboxylic acids is 2. The number of aromatic nitrogens is 2. The zero-order chi connectivity index (χ0) is 16.4. The fourth-order valence-corrected chi connectivity index (χ4v) is 2.25. The number of rotatable bonds is 3. The highest BCUT2D eigenvalue weighted by Gasteiger charge is 2.23. The van der Waals surface area contributed by atoms with Gasteiger partial charge in [0.25, 0.3) is 5.91 Å². The lowest BCUT2D eigenvalue weighted by atomic mass is 10.1. The van der Waals surface area contributed by atoms with E-state index in [1.165, 1.54) is 19.2 Å². The lowest BCUT2D eigenvalue weighted by molar-refractivity contribution is -0.130. The van der Waals surface area contributed by atoms with Crippen molar-refractivity contribution in [2.45, 2.75) is 12.8 Å². The first-order valence-electron chi connectivity index (χ1n) is 6.99. The molecule has 3 rings (SSSR count). The number of amides is 2. The number of hydrazone groups is 1. The highest BCUT2D eigenvalue weighted by molar-refractivity contribution is 6.43. The Balaban J connectivity index is 1.80. The molecule has 0 bridgehead atoms. The standard InChI is InChI=1S/C15H14FN5O2/c1-21-13(22)7-6-12(20-21)15(23)18-14-11(8-17-19-14)9-2-4-10(16)5-3-9/h2-5,8H,6-7H2,1H3,(H2,17,18,19,23). The molecule has 0 spiro atoms. The molecular formula is C15H14FN5O2. The van der Waals surface area contributed by atoms with Crippen molar-refractivity contribution < 1.29 is 14.0 Å². The van der Waals surface area contributed by atoms with E-state index in [4.69, 9.17) is 0 Å². The number of hydrogen-bond donors (Lipinski definition) is 2. The summed E-state index contributed by atoms with van der Waals surface area (Å²) >= 11 is 0. The van der Waals surface area contributed by atoms with Crippen molar-refractivity contribution in [3.63, 3.8) is 0 Å². The largest absolute Gasteiger partial charge is 0.305 e. The second-order valence-electron chi connectivity index (χ2n) is 5.08. The molecule has 0 fully saturated rings. The zero-order valence-corrected chi connectivity index (χ0v) is 12.3. The molecule has 0 unspecified atom stereocenters. The van der Waals surface area contributed by atoms with Crippen molar-refractivity contribution >= 4 is 23.3 Å². The van der Waals surface area contributed by atoms with Gasteiger partial charge in [0.2, 0.25) is 5.91 Å². The zero-order valence-electron chi connectivity index (χ0n) is 12.3. The molecule has 0 atom stereocenters. The number of carbonyl (C=O) groups is 2. The van der Waals surface area contributed by atoms with Gasteiger partial charge in [0, 0.05) is 25.5 Å². The fourth-order valence-electron chi connectivity index (χ4n) is 2.25. The van der Waals surface area contributed by atoms with Gasteiger partial charge in [-0.1, -0.05) is 12.1 Å². The van der Waals surface area contributed by atoms with Gasteiger partial charge >= 0.3 is 0 Å². The summed E-state index contributed by atoms with van der Waals surface area (Å²) in [7, 11) is 1.51. The molecule has 0 saturated carbocycles. The quantitative estimate of drug-likeness (QED) is 0.904. The van der Waals surface area contributed by atoms with Crippen LogP contribution in [-0.4, -0.2) is 39.8 Å². The third-order valence-electron chi connectivity index (χ3n) is 3.50. The van der Waals surface area contributed by atoms with Gasteiger partial charge < -0.3 is 5.32 Å². The van der Waals surface area contributed by atoms with Crippen LogP contribution in [0.15, 0.2) is 35.6 Å². The topological polar surface area (TPSA) is 90.4 Å². The Hall–Kier alpha value is -3.03. The van der Waals surface area contributed by atoms with E-state index in [-0.39, 0.29) is 30.3 Å². The number of nitrogens with zero attached hydrogens (tertiary/aromatic N) is 3. The molecule has 118 valence electrons. The second kappa shape index (κ2) is 5.99. The molecule has 2 N–H and O–H groups in total. The fraction of sp³-hybridized carbons (Fsp3) is 0.200. The van der Waals surface area contributed by atoms with Gasteiger partial charge in [0.05, 0.1) is 6.20 Å².